The van der Waals surface area contributed by atoms with E-state index < -0.39 is 0 Å². The van der Waals surface area contributed by atoms with Gasteiger partial charge >= 0.3 is 0 Å². The summed E-state index contributed by atoms with van der Waals surface area (Å²) in [5, 5.41) is 3.24. The van der Waals surface area contributed by atoms with E-state index in [1.54, 1.807) is 0 Å². The Morgan fingerprint density at radius 1 is 1.47 bits per heavy atom. The first-order chi connectivity index (χ1) is 8.00. The summed E-state index contributed by atoms with van der Waals surface area (Å²) < 4.78 is 0. The van der Waals surface area contributed by atoms with E-state index >= 15 is 0 Å². The summed E-state index contributed by atoms with van der Waals surface area (Å²) in [6.07, 6.45) is 2.18. The first kappa shape index (κ1) is 12.1. The van der Waals surface area contributed by atoms with E-state index in [1.807, 2.05) is 0 Å². The highest BCUT2D eigenvalue weighted by Crippen LogP contribution is 2.41. The van der Waals surface area contributed by atoms with Gasteiger partial charge in [0.2, 0.25) is 5.91 Å². The summed E-state index contributed by atoms with van der Waals surface area (Å²) in [5.41, 5.74) is 8.10. The molecule has 0 saturated carbocycles. The average Bonchev–Trinajstić information content (AvgIpc) is 2.28. The lowest BCUT2D eigenvalue weighted by atomic mass is 9.71. The molecule has 1 amide bonds. The van der Waals surface area contributed by atoms with Crippen LogP contribution in [0.2, 0.25) is 0 Å². The monoisotopic (exact) mass is 232 g/mol. The number of amides is 1. The van der Waals surface area contributed by atoms with Gasteiger partial charge in [-0.25, -0.2) is 0 Å². The van der Waals surface area contributed by atoms with Crippen LogP contribution in [-0.2, 0) is 10.2 Å². The zero-order valence-electron chi connectivity index (χ0n) is 10.5. The molecule has 1 aromatic carbocycles. The van der Waals surface area contributed by atoms with Gasteiger partial charge in [0.05, 0.1) is 6.54 Å². The second kappa shape index (κ2) is 4.49. The molecular weight excluding hydrogens is 212 g/mol. The number of carbonyl (C=O) groups is 1. The van der Waals surface area contributed by atoms with Crippen LogP contribution in [0.1, 0.15) is 43.9 Å². The Bertz CT molecular complexity index is 426. The van der Waals surface area contributed by atoms with E-state index in [0.29, 0.717) is 0 Å². The predicted octanol–water partition coefficient (Wildman–Crippen LogP) is 1.87. The molecule has 0 fully saturated rings. The molecular formula is C14H20N2O. The number of fused-ring (bicyclic) bond motifs is 1. The second-order valence-corrected chi connectivity index (χ2v) is 5.41. The minimum Gasteiger partial charge on any atom is -0.369 e. The Balaban J connectivity index is 2.25. The maximum Gasteiger partial charge on any atom is 0.231 e. The molecule has 3 nitrogen and oxygen atoms in total. The molecule has 1 unspecified atom stereocenters. The van der Waals surface area contributed by atoms with Crippen molar-refractivity contribution in [3.05, 3.63) is 35.4 Å². The van der Waals surface area contributed by atoms with Crippen LogP contribution in [0.5, 0.6) is 0 Å². The van der Waals surface area contributed by atoms with Crippen LogP contribution >= 0.6 is 0 Å². The third-order valence-electron chi connectivity index (χ3n) is 3.65. The maximum atomic E-state index is 10.8. The highest BCUT2D eigenvalue weighted by molar-refractivity contribution is 5.75. The summed E-state index contributed by atoms with van der Waals surface area (Å²) in [4.78, 5) is 10.8. The van der Waals surface area contributed by atoms with Gasteiger partial charge in [-0.05, 0) is 29.4 Å². The fraction of sp³-hybridized carbons (Fsp3) is 0.500. The summed E-state index contributed by atoms with van der Waals surface area (Å²) >= 11 is 0. The van der Waals surface area contributed by atoms with Crippen molar-refractivity contribution in [3.8, 4) is 0 Å². The largest absolute Gasteiger partial charge is 0.369 e. The van der Waals surface area contributed by atoms with Crippen molar-refractivity contribution >= 4 is 5.91 Å². The minimum absolute atomic E-state index is 0.224. The van der Waals surface area contributed by atoms with E-state index in [1.165, 1.54) is 11.1 Å². The zero-order valence-corrected chi connectivity index (χ0v) is 10.5. The van der Waals surface area contributed by atoms with Crippen molar-refractivity contribution in [2.24, 2.45) is 5.73 Å². The molecule has 1 aromatic rings. The van der Waals surface area contributed by atoms with E-state index in [4.69, 9.17) is 5.73 Å². The van der Waals surface area contributed by atoms with Gasteiger partial charge < -0.3 is 11.1 Å². The van der Waals surface area contributed by atoms with E-state index in [0.717, 1.165) is 12.8 Å². The van der Waals surface area contributed by atoms with Crippen LogP contribution in [0.3, 0.4) is 0 Å². The molecule has 0 saturated heterocycles. The first-order valence-electron chi connectivity index (χ1n) is 6.12. The SMILES string of the molecule is CC1(C)CCC(NCC(N)=O)c2ccccc21. The molecule has 3 N–H and O–H groups in total. The lowest BCUT2D eigenvalue weighted by Crippen LogP contribution is -2.36. The van der Waals surface area contributed by atoms with Crippen molar-refractivity contribution < 1.29 is 4.79 Å². The maximum absolute atomic E-state index is 10.8. The first-order valence-corrected chi connectivity index (χ1v) is 6.12. The lowest BCUT2D eigenvalue weighted by Gasteiger charge is -2.37. The van der Waals surface area contributed by atoms with Crippen molar-refractivity contribution in [1.29, 1.82) is 0 Å². The van der Waals surface area contributed by atoms with Gasteiger partial charge in [0, 0.05) is 6.04 Å². The third kappa shape index (κ3) is 2.50. The Morgan fingerprint density at radius 3 is 2.88 bits per heavy atom. The molecule has 1 atom stereocenters. The summed E-state index contributed by atoms with van der Waals surface area (Å²) in [5.74, 6) is -0.299. The van der Waals surface area contributed by atoms with Crippen LogP contribution in [0.25, 0.3) is 0 Å². The molecule has 17 heavy (non-hydrogen) atoms. The fourth-order valence-electron chi connectivity index (χ4n) is 2.65. The molecule has 0 spiro atoms. The van der Waals surface area contributed by atoms with Crippen molar-refractivity contribution in [2.45, 2.75) is 38.1 Å². The molecule has 1 aliphatic carbocycles. The number of benzene rings is 1. The number of nitrogens with one attached hydrogen (secondary N) is 1. The van der Waals surface area contributed by atoms with Crippen LogP contribution < -0.4 is 11.1 Å². The van der Waals surface area contributed by atoms with Gasteiger partial charge in [-0.1, -0.05) is 38.1 Å². The standard InChI is InChI=1S/C14H20N2O/c1-14(2)8-7-12(16-9-13(15)17)10-5-3-4-6-11(10)14/h3-6,12,16H,7-9H2,1-2H3,(H2,15,17). The van der Waals surface area contributed by atoms with E-state index in [9.17, 15) is 4.79 Å². The smallest absolute Gasteiger partial charge is 0.231 e. The number of primary amides is 1. The van der Waals surface area contributed by atoms with Crippen LogP contribution in [-0.4, -0.2) is 12.5 Å². The third-order valence-corrected chi connectivity index (χ3v) is 3.65. The molecule has 0 radical (unpaired) electrons. The summed E-state index contributed by atoms with van der Waals surface area (Å²) in [6, 6.07) is 8.73. The fourth-order valence-corrected chi connectivity index (χ4v) is 2.65. The Hall–Kier alpha value is -1.35. The number of carbonyl (C=O) groups excluding carboxylic acids is 1. The second-order valence-electron chi connectivity index (χ2n) is 5.41. The number of nitrogens with two attached hydrogens (primary N) is 1. The molecule has 3 heteroatoms. The van der Waals surface area contributed by atoms with Crippen LogP contribution in [0.4, 0.5) is 0 Å². The van der Waals surface area contributed by atoms with Crippen LogP contribution in [0.15, 0.2) is 24.3 Å². The Labute approximate surface area is 102 Å². The van der Waals surface area contributed by atoms with Gasteiger partial charge in [0.1, 0.15) is 0 Å². The van der Waals surface area contributed by atoms with Gasteiger partial charge in [-0.3, -0.25) is 4.79 Å². The number of hydrogen-bond donors (Lipinski definition) is 2. The summed E-state index contributed by atoms with van der Waals surface area (Å²) in [6.45, 7) is 4.80. The van der Waals surface area contributed by atoms with E-state index in [-0.39, 0.29) is 23.9 Å². The van der Waals surface area contributed by atoms with Gasteiger partial charge in [-0.2, -0.15) is 0 Å². The Morgan fingerprint density at radius 2 is 2.18 bits per heavy atom. The molecule has 0 aromatic heterocycles. The van der Waals surface area contributed by atoms with Gasteiger partial charge in [0.25, 0.3) is 0 Å². The molecule has 0 bridgehead atoms. The molecule has 2 rings (SSSR count). The minimum atomic E-state index is -0.299. The van der Waals surface area contributed by atoms with E-state index in [2.05, 4.69) is 43.4 Å². The van der Waals surface area contributed by atoms with Crippen molar-refractivity contribution in [1.82, 2.24) is 5.32 Å². The quantitative estimate of drug-likeness (QED) is 0.836. The molecule has 1 aliphatic rings. The van der Waals surface area contributed by atoms with Crippen LogP contribution in [0, 0.1) is 0 Å². The number of hydrogen-bond acceptors (Lipinski definition) is 2. The predicted molar refractivity (Wildman–Crippen MR) is 68.6 cm³/mol. The van der Waals surface area contributed by atoms with Gasteiger partial charge in [-0.15, -0.1) is 0 Å². The molecule has 92 valence electrons. The van der Waals surface area contributed by atoms with Gasteiger partial charge in [0.15, 0.2) is 0 Å². The Kier molecular flexibility index (Phi) is 3.20. The number of rotatable bonds is 3. The molecule has 0 aliphatic heterocycles. The highest BCUT2D eigenvalue weighted by Gasteiger charge is 2.31. The highest BCUT2D eigenvalue weighted by atomic mass is 16.1. The van der Waals surface area contributed by atoms with Crippen molar-refractivity contribution in [2.75, 3.05) is 6.54 Å². The zero-order chi connectivity index (χ0) is 12.5. The summed E-state index contributed by atoms with van der Waals surface area (Å²) in [7, 11) is 0. The topological polar surface area (TPSA) is 55.1 Å². The molecule has 0 heterocycles. The van der Waals surface area contributed by atoms with Crippen molar-refractivity contribution in [3.63, 3.8) is 0 Å². The normalized spacial score (nSPS) is 21.9. The average molecular weight is 232 g/mol. The lowest BCUT2D eigenvalue weighted by molar-refractivity contribution is -0.117.